The van der Waals surface area contributed by atoms with Crippen molar-refractivity contribution in [2.45, 2.75) is 45.7 Å². The third-order valence-corrected chi connectivity index (χ3v) is 2.71. The van der Waals surface area contributed by atoms with E-state index in [-0.39, 0.29) is 17.9 Å². The van der Waals surface area contributed by atoms with E-state index in [1.807, 2.05) is 31.2 Å². The lowest BCUT2D eigenvalue weighted by Gasteiger charge is -2.08. The summed E-state index contributed by atoms with van der Waals surface area (Å²) in [6, 6.07) is 7.30. The Morgan fingerprint density at radius 2 is 1.85 bits per heavy atom. The van der Waals surface area contributed by atoms with Gasteiger partial charge in [-0.15, -0.1) is 0 Å². The predicted molar refractivity (Wildman–Crippen MR) is 80.1 cm³/mol. The van der Waals surface area contributed by atoms with Crippen LogP contribution in [0.15, 0.2) is 24.3 Å². The molecule has 0 saturated carbocycles. The van der Waals surface area contributed by atoms with Gasteiger partial charge in [0, 0.05) is 31.1 Å². The van der Waals surface area contributed by atoms with Crippen molar-refractivity contribution in [3.05, 3.63) is 29.8 Å². The molecule has 0 aromatic heterocycles. The van der Waals surface area contributed by atoms with Gasteiger partial charge in [-0.1, -0.05) is 19.1 Å². The molecular formula is C15H23N3O2. The minimum Gasteiger partial charge on any atom is -0.352 e. The molecule has 0 bridgehead atoms. The van der Waals surface area contributed by atoms with Crippen molar-refractivity contribution in [1.29, 1.82) is 0 Å². The normalized spacial score (nSPS) is 11.8. The topological polar surface area (TPSA) is 84.2 Å². The van der Waals surface area contributed by atoms with Gasteiger partial charge < -0.3 is 16.4 Å². The van der Waals surface area contributed by atoms with Crippen molar-refractivity contribution in [1.82, 2.24) is 5.32 Å². The highest BCUT2D eigenvalue weighted by atomic mass is 16.2. The smallest absolute Gasteiger partial charge is 0.224 e. The van der Waals surface area contributed by atoms with Crippen LogP contribution in [0.25, 0.3) is 0 Å². The second kappa shape index (κ2) is 8.32. The third-order valence-electron chi connectivity index (χ3n) is 2.71. The van der Waals surface area contributed by atoms with Gasteiger partial charge in [-0.3, -0.25) is 9.59 Å². The highest BCUT2D eigenvalue weighted by Gasteiger charge is 2.05. The Morgan fingerprint density at radius 1 is 1.20 bits per heavy atom. The summed E-state index contributed by atoms with van der Waals surface area (Å²) >= 11 is 0. The Hall–Kier alpha value is -1.88. The molecule has 1 atom stereocenters. The van der Waals surface area contributed by atoms with Crippen LogP contribution in [0.4, 0.5) is 5.69 Å². The number of hydrogen-bond acceptors (Lipinski definition) is 3. The SMILES string of the molecule is CCCC(=O)Nc1ccc(CNC(=O)CC(C)N)cc1. The molecule has 0 aliphatic carbocycles. The number of benzene rings is 1. The summed E-state index contributed by atoms with van der Waals surface area (Å²) in [6.45, 7) is 4.23. The predicted octanol–water partition coefficient (Wildman–Crippen LogP) is 1.78. The van der Waals surface area contributed by atoms with E-state index in [9.17, 15) is 9.59 Å². The molecule has 0 heterocycles. The Morgan fingerprint density at radius 3 is 2.40 bits per heavy atom. The van der Waals surface area contributed by atoms with Crippen molar-refractivity contribution in [2.24, 2.45) is 5.73 Å². The molecule has 4 N–H and O–H groups in total. The fourth-order valence-corrected chi connectivity index (χ4v) is 1.72. The lowest BCUT2D eigenvalue weighted by Crippen LogP contribution is -2.29. The van der Waals surface area contributed by atoms with Crippen molar-refractivity contribution in [2.75, 3.05) is 5.32 Å². The third kappa shape index (κ3) is 6.33. The van der Waals surface area contributed by atoms with E-state index in [1.54, 1.807) is 6.92 Å². The number of hydrogen-bond donors (Lipinski definition) is 3. The van der Waals surface area contributed by atoms with Gasteiger partial charge in [-0.25, -0.2) is 0 Å². The van der Waals surface area contributed by atoms with Gasteiger partial charge in [0.15, 0.2) is 0 Å². The highest BCUT2D eigenvalue weighted by molar-refractivity contribution is 5.90. The van der Waals surface area contributed by atoms with Crippen LogP contribution in [0.2, 0.25) is 0 Å². The summed E-state index contributed by atoms with van der Waals surface area (Å²) in [7, 11) is 0. The number of nitrogens with two attached hydrogens (primary N) is 1. The van der Waals surface area contributed by atoms with Gasteiger partial charge in [0.2, 0.25) is 11.8 Å². The van der Waals surface area contributed by atoms with E-state index in [0.29, 0.717) is 19.4 Å². The number of anilines is 1. The van der Waals surface area contributed by atoms with E-state index in [1.165, 1.54) is 0 Å². The molecule has 0 spiro atoms. The molecule has 5 heteroatoms. The minimum absolute atomic E-state index is 0.0190. The lowest BCUT2D eigenvalue weighted by molar-refractivity contribution is -0.121. The van der Waals surface area contributed by atoms with Crippen LogP contribution >= 0.6 is 0 Å². The second-order valence-corrected chi connectivity index (χ2v) is 4.95. The van der Waals surface area contributed by atoms with E-state index in [2.05, 4.69) is 10.6 Å². The molecule has 0 aliphatic heterocycles. The van der Waals surface area contributed by atoms with Crippen molar-refractivity contribution < 1.29 is 9.59 Å². The summed E-state index contributed by atoms with van der Waals surface area (Å²) in [5.74, 6) is -0.0363. The maximum atomic E-state index is 11.5. The first-order valence-corrected chi connectivity index (χ1v) is 6.92. The van der Waals surface area contributed by atoms with E-state index in [0.717, 1.165) is 17.7 Å². The molecule has 1 unspecified atom stereocenters. The zero-order valence-corrected chi connectivity index (χ0v) is 12.1. The van der Waals surface area contributed by atoms with Crippen LogP contribution in [0.5, 0.6) is 0 Å². The largest absolute Gasteiger partial charge is 0.352 e. The zero-order valence-electron chi connectivity index (χ0n) is 12.1. The molecule has 0 radical (unpaired) electrons. The number of rotatable bonds is 7. The Labute approximate surface area is 119 Å². The molecule has 5 nitrogen and oxygen atoms in total. The quantitative estimate of drug-likeness (QED) is 0.710. The number of carbonyl (C=O) groups excluding carboxylic acids is 2. The molecular weight excluding hydrogens is 254 g/mol. The molecule has 1 rings (SSSR count). The van der Waals surface area contributed by atoms with E-state index in [4.69, 9.17) is 5.73 Å². The molecule has 0 aliphatic rings. The van der Waals surface area contributed by atoms with Gasteiger partial charge in [0.1, 0.15) is 0 Å². The summed E-state index contributed by atoms with van der Waals surface area (Å²) in [6.07, 6.45) is 1.68. The fraction of sp³-hybridized carbons (Fsp3) is 0.467. The maximum Gasteiger partial charge on any atom is 0.224 e. The molecule has 1 aromatic rings. The average molecular weight is 277 g/mol. The molecule has 1 aromatic carbocycles. The molecule has 0 fully saturated rings. The van der Waals surface area contributed by atoms with Crippen LogP contribution in [0.3, 0.4) is 0 Å². The standard InChI is InChI=1S/C15H23N3O2/c1-3-4-14(19)18-13-7-5-12(6-8-13)10-17-15(20)9-11(2)16/h5-8,11H,3-4,9-10,16H2,1-2H3,(H,17,20)(H,18,19). The van der Waals surface area contributed by atoms with Gasteiger partial charge in [0.25, 0.3) is 0 Å². The molecule has 0 saturated heterocycles. The Kier molecular flexibility index (Phi) is 6.73. The van der Waals surface area contributed by atoms with E-state index < -0.39 is 0 Å². The van der Waals surface area contributed by atoms with Crippen LogP contribution < -0.4 is 16.4 Å². The van der Waals surface area contributed by atoms with E-state index >= 15 is 0 Å². The van der Waals surface area contributed by atoms with Crippen molar-refractivity contribution in [3.63, 3.8) is 0 Å². The first kappa shape index (κ1) is 16.2. The van der Waals surface area contributed by atoms with Crippen LogP contribution in [0, 0.1) is 0 Å². The first-order chi connectivity index (χ1) is 9.51. The lowest BCUT2D eigenvalue weighted by atomic mass is 10.2. The van der Waals surface area contributed by atoms with Crippen molar-refractivity contribution in [3.8, 4) is 0 Å². The summed E-state index contributed by atoms with van der Waals surface area (Å²) in [4.78, 5) is 22.9. The van der Waals surface area contributed by atoms with Crippen LogP contribution in [-0.2, 0) is 16.1 Å². The molecule has 2 amide bonds. The fourth-order valence-electron chi connectivity index (χ4n) is 1.72. The average Bonchev–Trinajstić information content (AvgIpc) is 2.37. The number of amides is 2. The van der Waals surface area contributed by atoms with Crippen LogP contribution in [0.1, 0.15) is 38.7 Å². The number of carbonyl (C=O) groups is 2. The van der Waals surface area contributed by atoms with Gasteiger partial charge >= 0.3 is 0 Å². The molecule has 20 heavy (non-hydrogen) atoms. The van der Waals surface area contributed by atoms with Crippen LogP contribution in [-0.4, -0.2) is 17.9 Å². The maximum absolute atomic E-state index is 11.5. The highest BCUT2D eigenvalue weighted by Crippen LogP contribution is 2.10. The summed E-state index contributed by atoms with van der Waals surface area (Å²) in [5, 5.41) is 5.62. The molecule has 110 valence electrons. The Balaban J connectivity index is 2.42. The second-order valence-electron chi connectivity index (χ2n) is 4.95. The zero-order chi connectivity index (χ0) is 15.0. The van der Waals surface area contributed by atoms with Gasteiger partial charge in [-0.05, 0) is 31.0 Å². The first-order valence-electron chi connectivity index (χ1n) is 6.92. The summed E-state index contributed by atoms with van der Waals surface area (Å²) < 4.78 is 0. The van der Waals surface area contributed by atoms with Crippen molar-refractivity contribution >= 4 is 17.5 Å². The summed E-state index contributed by atoms with van der Waals surface area (Å²) in [5.41, 5.74) is 7.31. The minimum atomic E-state index is -0.133. The number of nitrogens with one attached hydrogen (secondary N) is 2. The monoisotopic (exact) mass is 277 g/mol. The van der Waals surface area contributed by atoms with Gasteiger partial charge in [-0.2, -0.15) is 0 Å². The van der Waals surface area contributed by atoms with Gasteiger partial charge in [0.05, 0.1) is 0 Å². The Bertz CT molecular complexity index is 441.